The van der Waals surface area contributed by atoms with E-state index in [2.05, 4.69) is 9.46 Å². The number of amides is 2. The Kier molecular flexibility index (Phi) is 4.57. The molecule has 1 aliphatic rings. The van der Waals surface area contributed by atoms with Crippen LogP contribution < -0.4 is 9.62 Å². The molecule has 2 rings (SSSR count). The summed E-state index contributed by atoms with van der Waals surface area (Å²) in [6.45, 7) is -0.482. The first-order valence-electron chi connectivity index (χ1n) is 6.37. The third kappa shape index (κ3) is 3.31. The first kappa shape index (κ1) is 16.1. The van der Waals surface area contributed by atoms with Gasteiger partial charge >= 0.3 is 5.97 Å². The number of anilines is 1. The summed E-state index contributed by atoms with van der Waals surface area (Å²) in [7, 11) is -2.72. The first-order chi connectivity index (χ1) is 10.3. The van der Waals surface area contributed by atoms with Gasteiger partial charge in [-0.05, 0) is 24.3 Å². The van der Waals surface area contributed by atoms with Crippen LogP contribution in [0.15, 0.2) is 29.2 Å². The number of carbonyl (C=O) groups is 3. The van der Waals surface area contributed by atoms with Crippen molar-refractivity contribution in [1.29, 1.82) is 0 Å². The molecule has 1 aliphatic heterocycles. The molecule has 22 heavy (non-hydrogen) atoms. The Morgan fingerprint density at radius 2 is 1.73 bits per heavy atom. The van der Waals surface area contributed by atoms with Crippen molar-refractivity contribution in [2.24, 2.45) is 0 Å². The van der Waals surface area contributed by atoms with Gasteiger partial charge < -0.3 is 4.74 Å². The van der Waals surface area contributed by atoms with Gasteiger partial charge in [0.1, 0.15) is 6.54 Å². The standard InChI is InChI=1S/C13H14N2O6S/c1-21-13(18)8-14-22(19,20)10-4-2-9(3-5-10)15-11(16)6-7-12(15)17/h2-5,14H,6-8H2,1H3. The summed E-state index contributed by atoms with van der Waals surface area (Å²) in [5.74, 6) is -1.35. The normalized spacial score (nSPS) is 15.2. The van der Waals surface area contributed by atoms with Crippen LogP contribution in [-0.4, -0.2) is 39.9 Å². The van der Waals surface area contributed by atoms with Gasteiger partial charge in [-0.3, -0.25) is 19.3 Å². The summed E-state index contributed by atoms with van der Waals surface area (Å²) in [6, 6.07) is 5.25. The van der Waals surface area contributed by atoms with Crippen molar-refractivity contribution >= 4 is 33.5 Å². The molecule has 8 nitrogen and oxygen atoms in total. The largest absolute Gasteiger partial charge is 0.468 e. The summed E-state index contributed by atoms with van der Waals surface area (Å²) in [4.78, 5) is 35.1. The van der Waals surface area contributed by atoms with Crippen molar-refractivity contribution in [3.8, 4) is 0 Å². The van der Waals surface area contributed by atoms with Crippen molar-refractivity contribution in [1.82, 2.24) is 4.72 Å². The summed E-state index contributed by atoms with van der Waals surface area (Å²) in [6.07, 6.45) is 0.305. The molecular weight excluding hydrogens is 312 g/mol. The van der Waals surface area contributed by atoms with Crippen LogP contribution in [0.5, 0.6) is 0 Å². The third-order valence-corrected chi connectivity index (χ3v) is 4.51. The monoisotopic (exact) mass is 326 g/mol. The average Bonchev–Trinajstić information content (AvgIpc) is 2.84. The van der Waals surface area contributed by atoms with Gasteiger partial charge in [-0.2, -0.15) is 4.72 Å². The van der Waals surface area contributed by atoms with Crippen molar-refractivity contribution < 1.29 is 27.5 Å². The number of rotatable bonds is 5. The quantitative estimate of drug-likeness (QED) is 0.592. The fourth-order valence-corrected chi connectivity index (χ4v) is 2.92. The minimum Gasteiger partial charge on any atom is -0.468 e. The predicted molar refractivity (Wildman–Crippen MR) is 75.4 cm³/mol. The van der Waals surface area contributed by atoms with Crippen LogP contribution in [0.1, 0.15) is 12.8 Å². The summed E-state index contributed by atoms with van der Waals surface area (Å²) >= 11 is 0. The van der Waals surface area contributed by atoms with E-state index in [-0.39, 0.29) is 29.6 Å². The van der Waals surface area contributed by atoms with Crippen molar-refractivity contribution in [3.05, 3.63) is 24.3 Å². The fraction of sp³-hybridized carbons (Fsp3) is 0.308. The molecule has 0 atom stereocenters. The van der Waals surface area contributed by atoms with Crippen molar-refractivity contribution in [3.63, 3.8) is 0 Å². The molecule has 0 spiro atoms. The Hall–Kier alpha value is -2.26. The Labute approximate surface area is 127 Å². The average molecular weight is 326 g/mol. The maximum atomic E-state index is 11.9. The van der Waals surface area contributed by atoms with E-state index in [1.54, 1.807) is 0 Å². The number of hydrogen-bond donors (Lipinski definition) is 1. The second-order valence-corrected chi connectivity index (χ2v) is 6.28. The summed E-state index contributed by atoms with van der Waals surface area (Å²) in [5.41, 5.74) is 0.319. The van der Waals surface area contributed by atoms with Gasteiger partial charge in [0, 0.05) is 12.8 Å². The molecule has 1 aromatic carbocycles. The molecule has 118 valence electrons. The number of nitrogens with zero attached hydrogens (tertiary/aromatic N) is 1. The number of ether oxygens (including phenoxy) is 1. The minimum absolute atomic E-state index is 0.0840. The lowest BCUT2D eigenvalue weighted by Gasteiger charge is -2.14. The van der Waals surface area contributed by atoms with E-state index in [1.165, 1.54) is 24.3 Å². The number of nitrogens with one attached hydrogen (secondary N) is 1. The molecule has 1 heterocycles. The molecule has 1 aromatic rings. The van der Waals surface area contributed by atoms with Gasteiger partial charge in [0.2, 0.25) is 21.8 Å². The van der Waals surface area contributed by atoms with E-state index >= 15 is 0 Å². The molecule has 0 radical (unpaired) electrons. The zero-order valence-electron chi connectivity index (χ0n) is 11.7. The van der Waals surface area contributed by atoms with Crippen LogP contribution >= 0.6 is 0 Å². The first-order valence-corrected chi connectivity index (χ1v) is 7.86. The Balaban J connectivity index is 2.16. The van der Waals surface area contributed by atoms with Crippen LogP contribution in [-0.2, 0) is 29.1 Å². The highest BCUT2D eigenvalue weighted by Gasteiger charge is 2.30. The number of benzene rings is 1. The van der Waals surface area contributed by atoms with Gasteiger partial charge in [0.25, 0.3) is 0 Å². The molecule has 2 amide bonds. The molecule has 0 bridgehead atoms. The zero-order chi connectivity index (χ0) is 16.3. The zero-order valence-corrected chi connectivity index (χ0v) is 12.6. The van der Waals surface area contributed by atoms with E-state index in [0.717, 1.165) is 12.0 Å². The van der Waals surface area contributed by atoms with E-state index < -0.39 is 22.5 Å². The smallest absolute Gasteiger partial charge is 0.320 e. The van der Waals surface area contributed by atoms with Crippen LogP contribution in [0.3, 0.4) is 0 Å². The second kappa shape index (κ2) is 6.24. The predicted octanol–water partition coefficient (Wildman–Crippen LogP) is -0.209. The van der Waals surface area contributed by atoms with E-state index in [1.807, 2.05) is 0 Å². The van der Waals surface area contributed by atoms with Gasteiger partial charge in [-0.25, -0.2) is 8.42 Å². The maximum absolute atomic E-state index is 11.9. The number of carbonyl (C=O) groups excluding carboxylic acids is 3. The van der Waals surface area contributed by atoms with Crippen LogP contribution in [0.25, 0.3) is 0 Å². The fourth-order valence-electron chi connectivity index (χ4n) is 1.95. The molecule has 0 aromatic heterocycles. The van der Waals surface area contributed by atoms with Gasteiger partial charge in [-0.15, -0.1) is 0 Å². The lowest BCUT2D eigenvalue weighted by Crippen LogP contribution is -2.30. The van der Waals surface area contributed by atoms with Crippen LogP contribution in [0.4, 0.5) is 5.69 Å². The number of esters is 1. The Morgan fingerprint density at radius 3 is 2.23 bits per heavy atom. The highest BCUT2D eigenvalue weighted by molar-refractivity contribution is 7.89. The molecule has 1 N–H and O–H groups in total. The minimum atomic E-state index is -3.87. The second-order valence-electron chi connectivity index (χ2n) is 4.52. The maximum Gasteiger partial charge on any atom is 0.320 e. The highest BCUT2D eigenvalue weighted by atomic mass is 32.2. The lowest BCUT2D eigenvalue weighted by atomic mass is 10.3. The van der Waals surface area contributed by atoms with E-state index in [0.29, 0.717) is 5.69 Å². The molecule has 0 saturated carbocycles. The molecular formula is C13H14N2O6S. The molecule has 0 unspecified atom stereocenters. The van der Waals surface area contributed by atoms with Crippen molar-refractivity contribution in [2.45, 2.75) is 17.7 Å². The van der Waals surface area contributed by atoms with E-state index in [4.69, 9.17) is 0 Å². The molecule has 1 fully saturated rings. The van der Waals surface area contributed by atoms with Crippen LogP contribution in [0.2, 0.25) is 0 Å². The number of sulfonamides is 1. The topological polar surface area (TPSA) is 110 Å². The van der Waals surface area contributed by atoms with Gasteiger partial charge in [0.05, 0.1) is 17.7 Å². The number of hydrogen-bond acceptors (Lipinski definition) is 6. The summed E-state index contributed by atoms with van der Waals surface area (Å²) in [5, 5.41) is 0. The Morgan fingerprint density at radius 1 is 1.18 bits per heavy atom. The van der Waals surface area contributed by atoms with Crippen molar-refractivity contribution in [2.75, 3.05) is 18.6 Å². The van der Waals surface area contributed by atoms with Crippen LogP contribution in [0, 0.1) is 0 Å². The number of imide groups is 1. The molecule has 1 saturated heterocycles. The van der Waals surface area contributed by atoms with Gasteiger partial charge in [-0.1, -0.05) is 0 Å². The SMILES string of the molecule is COC(=O)CNS(=O)(=O)c1ccc(N2C(=O)CCC2=O)cc1. The Bertz CT molecular complexity index is 695. The highest BCUT2D eigenvalue weighted by Crippen LogP contribution is 2.23. The molecule has 0 aliphatic carbocycles. The number of methoxy groups -OCH3 is 1. The van der Waals surface area contributed by atoms with E-state index in [9.17, 15) is 22.8 Å². The molecule has 9 heteroatoms. The van der Waals surface area contributed by atoms with Gasteiger partial charge in [0.15, 0.2) is 0 Å². The lowest BCUT2D eigenvalue weighted by molar-refractivity contribution is -0.139. The third-order valence-electron chi connectivity index (χ3n) is 3.09. The summed E-state index contributed by atoms with van der Waals surface area (Å²) < 4.78 is 30.3.